The van der Waals surface area contributed by atoms with Crippen molar-refractivity contribution < 1.29 is 0 Å². The fourth-order valence-electron chi connectivity index (χ4n) is 0.592. The van der Waals surface area contributed by atoms with E-state index in [0.29, 0.717) is 16.6 Å². The molecule has 10 heavy (non-hydrogen) atoms. The Morgan fingerprint density at radius 3 is 2.70 bits per heavy atom. The number of nitrogens with two attached hydrogens (primary N) is 1. The molecule has 0 atom stereocenters. The number of hydrogen-bond donors (Lipinski definition) is 1. The van der Waals surface area contributed by atoms with Crippen LogP contribution in [0.4, 0.5) is 5.69 Å². The van der Waals surface area contributed by atoms with Crippen LogP contribution in [0.1, 0.15) is 5.56 Å². The summed E-state index contributed by atoms with van der Waals surface area (Å²) in [5, 5.41) is 0.457. The molecule has 2 nitrogen and oxygen atoms in total. The largest absolute Gasteiger partial charge is 0.397 e. The van der Waals surface area contributed by atoms with Gasteiger partial charge in [0.1, 0.15) is 0 Å². The first-order valence-corrected chi connectivity index (χ1v) is 3.60. The minimum atomic E-state index is 0.347. The van der Waals surface area contributed by atoms with Gasteiger partial charge in [0.25, 0.3) is 0 Å². The molecule has 0 radical (unpaired) electrons. The number of pyridine rings is 1. The second-order valence-electron chi connectivity index (χ2n) is 1.83. The van der Waals surface area contributed by atoms with Crippen LogP contribution in [-0.2, 0) is 5.88 Å². The Morgan fingerprint density at radius 1 is 1.50 bits per heavy atom. The normalized spacial score (nSPS) is 9.80. The molecule has 0 aromatic carbocycles. The van der Waals surface area contributed by atoms with Gasteiger partial charge in [0.2, 0.25) is 0 Å². The first-order chi connectivity index (χ1) is 4.75. The van der Waals surface area contributed by atoms with Crippen molar-refractivity contribution in [3.63, 3.8) is 0 Å². The van der Waals surface area contributed by atoms with Gasteiger partial charge < -0.3 is 5.73 Å². The maximum atomic E-state index is 5.65. The lowest BCUT2D eigenvalue weighted by atomic mass is 10.3. The Hall–Kier alpha value is -0.470. The van der Waals surface area contributed by atoms with E-state index in [9.17, 15) is 0 Å². The van der Waals surface area contributed by atoms with Crippen molar-refractivity contribution in [1.29, 1.82) is 0 Å². The molecular weight excluding hydrogens is 171 g/mol. The highest BCUT2D eigenvalue weighted by Gasteiger charge is 2.00. The Bertz CT molecular complexity index is 237. The van der Waals surface area contributed by atoms with Gasteiger partial charge in [0, 0.05) is 18.0 Å². The van der Waals surface area contributed by atoms with E-state index in [1.165, 1.54) is 6.20 Å². The maximum Gasteiger partial charge on any atom is 0.0821 e. The van der Waals surface area contributed by atoms with Gasteiger partial charge in [-0.1, -0.05) is 11.6 Å². The fourth-order valence-corrected chi connectivity index (χ4v) is 0.982. The summed E-state index contributed by atoms with van der Waals surface area (Å²) in [5.74, 6) is 0.347. The highest BCUT2D eigenvalue weighted by Crippen LogP contribution is 2.21. The Labute approximate surface area is 69.0 Å². The molecule has 54 valence electrons. The monoisotopic (exact) mass is 176 g/mol. The van der Waals surface area contributed by atoms with Crippen molar-refractivity contribution in [3.05, 3.63) is 23.0 Å². The van der Waals surface area contributed by atoms with Crippen molar-refractivity contribution in [1.82, 2.24) is 4.98 Å². The van der Waals surface area contributed by atoms with Gasteiger partial charge in [-0.15, -0.1) is 11.6 Å². The third-order valence-electron chi connectivity index (χ3n) is 1.17. The zero-order chi connectivity index (χ0) is 7.56. The summed E-state index contributed by atoms with van der Waals surface area (Å²) in [6.07, 6.45) is 3.10. The van der Waals surface area contributed by atoms with Crippen molar-refractivity contribution in [2.24, 2.45) is 0 Å². The van der Waals surface area contributed by atoms with Crippen LogP contribution >= 0.6 is 23.2 Å². The van der Waals surface area contributed by atoms with Gasteiger partial charge in [-0.25, -0.2) is 0 Å². The molecule has 0 saturated heterocycles. The van der Waals surface area contributed by atoms with E-state index in [4.69, 9.17) is 28.9 Å². The van der Waals surface area contributed by atoms with Crippen molar-refractivity contribution >= 4 is 28.9 Å². The predicted molar refractivity (Wildman–Crippen MR) is 43.2 cm³/mol. The fraction of sp³-hybridized carbons (Fsp3) is 0.167. The lowest BCUT2D eigenvalue weighted by Crippen LogP contribution is -1.93. The van der Waals surface area contributed by atoms with Gasteiger partial charge in [0.15, 0.2) is 0 Å². The molecule has 0 aliphatic carbocycles. The molecule has 0 spiro atoms. The molecule has 2 N–H and O–H groups in total. The standard InChI is InChI=1S/C6H6Cl2N2/c7-1-4-2-10-3-5(8)6(4)9/h2-3H,1H2,(H2,9,10). The van der Waals surface area contributed by atoms with Crippen LogP contribution in [0.5, 0.6) is 0 Å². The second kappa shape index (κ2) is 3.08. The number of alkyl halides is 1. The van der Waals surface area contributed by atoms with Crippen molar-refractivity contribution in [2.45, 2.75) is 5.88 Å². The number of nitrogens with zero attached hydrogens (tertiary/aromatic N) is 1. The molecule has 0 fully saturated rings. The van der Waals surface area contributed by atoms with Crippen LogP contribution in [-0.4, -0.2) is 4.98 Å². The lowest BCUT2D eigenvalue weighted by molar-refractivity contribution is 1.25. The van der Waals surface area contributed by atoms with E-state index in [2.05, 4.69) is 4.98 Å². The van der Waals surface area contributed by atoms with E-state index in [-0.39, 0.29) is 0 Å². The molecule has 1 aromatic heterocycles. The van der Waals surface area contributed by atoms with E-state index < -0.39 is 0 Å². The average Bonchev–Trinajstić information content (AvgIpc) is 1.95. The predicted octanol–water partition coefficient (Wildman–Crippen LogP) is 2.06. The number of nitrogen functional groups attached to an aromatic ring is 1. The smallest absolute Gasteiger partial charge is 0.0821 e. The molecule has 0 bridgehead atoms. The number of rotatable bonds is 1. The van der Waals surface area contributed by atoms with Crippen LogP contribution in [0, 0.1) is 0 Å². The van der Waals surface area contributed by atoms with E-state index in [1.807, 2.05) is 0 Å². The zero-order valence-electron chi connectivity index (χ0n) is 5.14. The molecule has 0 aliphatic heterocycles. The molecule has 1 aromatic rings. The lowest BCUT2D eigenvalue weighted by Gasteiger charge is -2.00. The first-order valence-electron chi connectivity index (χ1n) is 2.69. The molecule has 1 heterocycles. The minimum absolute atomic E-state index is 0.347. The van der Waals surface area contributed by atoms with Crippen molar-refractivity contribution in [3.8, 4) is 0 Å². The zero-order valence-corrected chi connectivity index (χ0v) is 6.65. The quantitative estimate of drug-likeness (QED) is 0.666. The summed E-state index contributed by atoms with van der Waals surface area (Å²) in [6, 6.07) is 0. The molecule has 1 rings (SSSR count). The van der Waals surface area contributed by atoms with Gasteiger partial charge in [-0.2, -0.15) is 0 Å². The highest BCUT2D eigenvalue weighted by atomic mass is 35.5. The van der Waals surface area contributed by atoms with Crippen LogP contribution in [0.3, 0.4) is 0 Å². The van der Waals surface area contributed by atoms with Crippen LogP contribution in [0.25, 0.3) is 0 Å². The Balaban J connectivity index is 3.14. The topological polar surface area (TPSA) is 38.9 Å². The molecule has 0 saturated carbocycles. The molecule has 4 heteroatoms. The number of halogens is 2. The summed E-state index contributed by atoms with van der Waals surface area (Å²) in [4.78, 5) is 3.82. The van der Waals surface area contributed by atoms with Gasteiger partial charge >= 0.3 is 0 Å². The summed E-state index contributed by atoms with van der Waals surface area (Å²) in [7, 11) is 0. The summed E-state index contributed by atoms with van der Waals surface area (Å²) in [5.41, 5.74) is 6.83. The maximum absolute atomic E-state index is 5.65. The summed E-state index contributed by atoms with van der Waals surface area (Å²) in [6.45, 7) is 0. The van der Waals surface area contributed by atoms with Crippen molar-refractivity contribution in [2.75, 3.05) is 5.73 Å². The third-order valence-corrected chi connectivity index (χ3v) is 1.75. The number of anilines is 1. The van der Waals surface area contributed by atoms with Gasteiger partial charge in [0.05, 0.1) is 16.6 Å². The Kier molecular flexibility index (Phi) is 2.35. The number of hydrogen-bond acceptors (Lipinski definition) is 2. The molecule has 0 unspecified atom stereocenters. The summed E-state index contributed by atoms with van der Waals surface area (Å²) >= 11 is 11.2. The SMILES string of the molecule is Nc1c(Cl)cncc1CCl. The minimum Gasteiger partial charge on any atom is -0.397 e. The third kappa shape index (κ3) is 1.33. The average molecular weight is 177 g/mol. The Morgan fingerprint density at radius 2 is 2.20 bits per heavy atom. The molecule has 0 amide bonds. The first kappa shape index (κ1) is 7.63. The summed E-state index contributed by atoms with van der Waals surface area (Å²) < 4.78 is 0. The van der Waals surface area contributed by atoms with E-state index >= 15 is 0 Å². The van der Waals surface area contributed by atoms with Crippen LogP contribution < -0.4 is 5.73 Å². The van der Waals surface area contributed by atoms with E-state index in [0.717, 1.165) is 5.56 Å². The van der Waals surface area contributed by atoms with Crippen LogP contribution in [0.2, 0.25) is 5.02 Å². The number of aromatic nitrogens is 1. The van der Waals surface area contributed by atoms with Gasteiger partial charge in [-0.3, -0.25) is 4.98 Å². The van der Waals surface area contributed by atoms with Crippen LogP contribution in [0.15, 0.2) is 12.4 Å². The molecular formula is C6H6Cl2N2. The molecule has 0 aliphatic rings. The highest BCUT2D eigenvalue weighted by molar-refractivity contribution is 6.33. The second-order valence-corrected chi connectivity index (χ2v) is 2.50. The van der Waals surface area contributed by atoms with Gasteiger partial charge in [-0.05, 0) is 0 Å². The van der Waals surface area contributed by atoms with E-state index in [1.54, 1.807) is 6.20 Å².